The topological polar surface area (TPSA) is 18.5 Å². The second-order valence-electron chi connectivity index (χ2n) is 11.3. The normalized spacial score (nSPS) is 14.9. The van der Waals surface area contributed by atoms with Crippen molar-refractivity contribution < 1.29 is 31.2 Å². The number of allylic oxidation sites excluding steroid dienone is 6. The van der Waals surface area contributed by atoms with E-state index in [1.54, 1.807) is 7.11 Å². The molecule has 0 bridgehead atoms. The van der Waals surface area contributed by atoms with Gasteiger partial charge in [0, 0.05) is 42.4 Å². The largest absolute Gasteiger partial charge is 0.497 e. The summed E-state index contributed by atoms with van der Waals surface area (Å²) in [6.45, 7) is 19.7. The van der Waals surface area contributed by atoms with Crippen molar-refractivity contribution >= 4 is 21.4 Å². The number of benzene rings is 3. The molecule has 0 saturated heterocycles. The molecule has 2 nitrogen and oxygen atoms in total. The van der Waals surface area contributed by atoms with Crippen LogP contribution in [0.1, 0.15) is 59.6 Å². The van der Waals surface area contributed by atoms with Gasteiger partial charge in [-0.05, 0) is 35.2 Å². The zero-order valence-electron chi connectivity index (χ0n) is 27.2. The van der Waals surface area contributed by atoms with Gasteiger partial charge >= 0.3 is 0 Å². The van der Waals surface area contributed by atoms with Crippen molar-refractivity contribution in [3.63, 3.8) is 0 Å². The van der Waals surface area contributed by atoms with Gasteiger partial charge in [-0.2, -0.15) is 11.1 Å². The molecule has 1 aliphatic carbocycles. The minimum absolute atomic E-state index is 0. The van der Waals surface area contributed by atoms with Crippen LogP contribution in [0.15, 0.2) is 113 Å². The Morgan fingerprint density at radius 3 is 1.74 bits per heavy atom. The molecule has 3 aromatic rings. The summed E-state index contributed by atoms with van der Waals surface area (Å²) in [6, 6.07) is 28.3. The van der Waals surface area contributed by atoms with Crippen LogP contribution >= 0.6 is 0 Å². The summed E-state index contributed by atoms with van der Waals surface area (Å²) in [5.74, 6) is 3.11. The van der Waals surface area contributed by atoms with E-state index < -0.39 is 0 Å². The van der Waals surface area contributed by atoms with Crippen molar-refractivity contribution in [3.8, 4) is 11.5 Å². The first-order valence-electron chi connectivity index (χ1n) is 14.4. The summed E-state index contributed by atoms with van der Waals surface area (Å²) in [5.41, 5.74) is 7.43. The van der Waals surface area contributed by atoms with Gasteiger partial charge < -0.3 is 9.47 Å². The van der Waals surface area contributed by atoms with Crippen LogP contribution in [0.3, 0.4) is 0 Å². The Bertz CT molecular complexity index is 1330. The first-order chi connectivity index (χ1) is 19.5. The Labute approximate surface area is 273 Å². The molecule has 0 heterocycles. The standard InChI is InChI=1S/C27H28O2.C9H13.C2H7Si.Ti/c1-27(2,3)25(20-17-21-15-18-23(28-4)19-16-21)26(22-11-7-5-8-12-22)29-24-13-9-6-10-14-24;1-6-5-7(2)9(4)8(6)3;1-3-2;/h5-20H,1-4H3;6H,1-4H3;3H,1-2H3;/q;-1;;. The summed E-state index contributed by atoms with van der Waals surface area (Å²) in [5, 5.41) is 0. The van der Waals surface area contributed by atoms with Crippen molar-refractivity contribution in [2.45, 2.75) is 61.6 Å². The Balaban J connectivity index is 0.000000569. The Morgan fingerprint density at radius 1 is 0.810 bits per heavy atom. The molecule has 42 heavy (non-hydrogen) atoms. The van der Waals surface area contributed by atoms with Crippen LogP contribution in [0.5, 0.6) is 11.5 Å². The maximum absolute atomic E-state index is 6.42. The zero-order chi connectivity index (χ0) is 30.4. The van der Waals surface area contributed by atoms with Crippen LogP contribution in [0, 0.1) is 17.4 Å². The molecule has 0 spiro atoms. The molecule has 0 amide bonds. The van der Waals surface area contributed by atoms with Gasteiger partial charge in [-0.1, -0.05) is 133 Å². The molecule has 221 valence electrons. The van der Waals surface area contributed by atoms with Crippen LogP contribution in [-0.4, -0.2) is 16.6 Å². The first-order valence-corrected chi connectivity index (χ1v) is 16.7. The Morgan fingerprint density at radius 2 is 1.33 bits per heavy atom. The van der Waals surface area contributed by atoms with E-state index in [1.807, 2.05) is 60.7 Å². The van der Waals surface area contributed by atoms with E-state index in [9.17, 15) is 0 Å². The fourth-order valence-corrected chi connectivity index (χ4v) is 4.19. The average Bonchev–Trinajstić information content (AvgIpc) is 3.18. The molecule has 0 aliphatic heterocycles. The van der Waals surface area contributed by atoms with Crippen LogP contribution in [0.25, 0.3) is 11.8 Å². The van der Waals surface area contributed by atoms with E-state index >= 15 is 0 Å². The van der Waals surface area contributed by atoms with Crippen LogP contribution in [0.4, 0.5) is 0 Å². The summed E-state index contributed by atoms with van der Waals surface area (Å²) < 4.78 is 11.7. The van der Waals surface area contributed by atoms with Crippen LogP contribution < -0.4 is 9.47 Å². The molecule has 0 fully saturated rings. The molecule has 1 aliphatic rings. The van der Waals surface area contributed by atoms with Gasteiger partial charge in [0.2, 0.25) is 0 Å². The fraction of sp³-hybridized carbons (Fsp3) is 0.316. The van der Waals surface area contributed by atoms with Crippen molar-refractivity contribution in [1.82, 2.24) is 0 Å². The smallest absolute Gasteiger partial charge is 0.138 e. The van der Waals surface area contributed by atoms with Crippen molar-refractivity contribution in [1.29, 1.82) is 0 Å². The summed E-state index contributed by atoms with van der Waals surface area (Å²) >= 11 is 0. The molecule has 4 rings (SSSR count). The van der Waals surface area contributed by atoms with Gasteiger partial charge in [-0.15, -0.1) is 6.92 Å². The number of ether oxygens (including phenoxy) is 2. The van der Waals surface area contributed by atoms with Gasteiger partial charge in [0.1, 0.15) is 17.3 Å². The van der Waals surface area contributed by atoms with Gasteiger partial charge in [-0.3, -0.25) is 6.08 Å². The van der Waals surface area contributed by atoms with Gasteiger partial charge in [0.15, 0.2) is 0 Å². The predicted octanol–water partition coefficient (Wildman–Crippen LogP) is 10.5. The second-order valence-corrected chi connectivity index (χ2v) is 12.4. The van der Waals surface area contributed by atoms with Gasteiger partial charge in [0.25, 0.3) is 0 Å². The number of methoxy groups -OCH3 is 1. The van der Waals surface area contributed by atoms with Gasteiger partial charge in [0.05, 0.1) is 7.11 Å². The molecule has 1 unspecified atom stereocenters. The molecule has 1 radical (unpaired) electrons. The zero-order valence-corrected chi connectivity index (χ0v) is 29.9. The number of rotatable bonds is 6. The monoisotopic (exact) mass is 612 g/mol. The van der Waals surface area contributed by atoms with E-state index in [-0.39, 0.29) is 27.1 Å². The van der Waals surface area contributed by atoms with E-state index in [0.717, 1.165) is 43.5 Å². The fourth-order valence-electron chi connectivity index (χ4n) is 4.19. The number of para-hydroxylation sites is 1. The van der Waals surface area contributed by atoms with E-state index in [0.29, 0.717) is 5.92 Å². The molecule has 0 saturated carbocycles. The SMILES string of the molecule is CC1=[C-]C(C)C(C)=C1C.COc1ccc(C=CC(=C(Oc2ccccc2)c2ccccc2)C(C)(C)C)cc1.C[SiH]C.[Ti]. The second kappa shape index (κ2) is 18.6. The van der Waals surface area contributed by atoms with Crippen LogP contribution in [0.2, 0.25) is 13.1 Å². The van der Waals surface area contributed by atoms with E-state index in [2.05, 4.69) is 104 Å². The van der Waals surface area contributed by atoms with Crippen molar-refractivity contribution in [2.24, 2.45) is 11.3 Å². The minimum Gasteiger partial charge on any atom is -0.497 e. The third-order valence-corrected chi connectivity index (χ3v) is 6.85. The van der Waals surface area contributed by atoms with E-state index in [4.69, 9.17) is 9.47 Å². The Kier molecular flexibility index (Phi) is 16.5. The maximum Gasteiger partial charge on any atom is 0.138 e. The summed E-state index contributed by atoms with van der Waals surface area (Å²) in [6.07, 6.45) is 7.64. The average molecular weight is 613 g/mol. The Hall–Kier alpha value is -2.85. The summed E-state index contributed by atoms with van der Waals surface area (Å²) in [4.78, 5) is 0. The molecular weight excluding hydrogens is 564 g/mol. The third-order valence-electron chi connectivity index (χ3n) is 6.85. The van der Waals surface area contributed by atoms with E-state index in [1.165, 1.54) is 16.7 Å². The van der Waals surface area contributed by atoms with Crippen LogP contribution in [-0.2, 0) is 21.7 Å². The predicted molar refractivity (Wildman–Crippen MR) is 181 cm³/mol. The quantitative estimate of drug-likeness (QED) is 0.119. The first kappa shape index (κ1) is 37.2. The molecule has 1 atom stereocenters. The molecule has 0 aromatic heterocycles. The number of hydrogen-bond acceptors (Lipinski definition) is 2. The number of hydrogen-bond donors (Lipinski definition) is 0. The molecule has 3 aromatic carbocycles. The van der Waals surface area contributed by atoms with Crippen molar-refractivity contribution in [2.75, 3.05) is 7.11 Å². The van der Waals surface area contributed by atoms with Crippen molar-refractivity contribution in [3.05, 3.63) is 131 Å². The summed E-state index contributed by atoms with van der Waals surface area (Å²) in [7, 11) is 2.43. The molecular formula is C38H48O2SiTi-. The van der Waals surface area contributed by atoms with Gasteiger partial charge in [-0.25, -0.2) is 5.57 Å². The molecule has 4 heteroatoms. The minimum atomic E-state index is -0.108. The third kappa shape index (κ3) is 11.8. The molecule has 0 N–H and O–H groups in total. The maximum atomic E-state index is 6.42.